The first kappa shape index (κ1) is 19.0. The number of ketones is 2. The number of carbonyl (C=O) groups excluding carboxylic acids is 2. The molecule has 0 amide bonds. The van der Waals surface area contributed by atoms with E-state index in [1.807, 2.05) is 0 Å². The quantitative estimate of drug-likeness (QED) is 0.505. The van der Waals surface area contributed by atoms with Crippen LogP contribution in [0.5, 0.6) is 11.5 Å². The first-order chi connectivity index (χ1) is 13.4. The van der Waals surface area contributed by atoms with Crippen LogP contribution >= 0.6 is 0 Å². The number of nitrogen functional groups attached to an aromatic ring is 2. The summed E-state index contributed by atoms with van der Waals surface area (Å²) in [7, 11) is 3.03. The van der Waals surface area contributed by atoms with Crippen molar-refractivity contribution in [3.8, 4) is 11.5 Å². The van der Waals surface area contributed by atoms with Crippen molar-refractivity contribution in [3.63, 3.8) is 0 Å². The van der Waals surface area contributed by atoms with Crippen LogP contribution in [-0.4, -0.2) is 25.8 Å². The van der Waals surface area contributed by atoms with Crippen LogP contribution in [-0.2, 0) is 0 Å². The summed E-state index contributed by atoms with van der Waals surface area (Å²) in [4.78, 5) is 25.3. The van der Waals surface area contributed by atoms with Gasteiger partial charge in [0.25, 0.3) is 0 Å². The number of hydrogen-bond acceptors (Lipinski definition) is 6. The van der Waals surface area contributed by atoms with Crippen LogP contribution in [0.1, 0.15) is 31.8 Å². The molecule has 4 N–H and O–H groups in total. The smallest absolute Gasteiger partial charge is 0.193 e. The van der Waals surface area contributed by atoms with Crippen molar-refractivity contribution in [1.82, 2.24) is 0 Å². The SMILES string of the molecule is COc1ccc(C(=O)c2ccc(C(=O)c3ccc(OC)c(N)c3)cc2)cc1N. The molecular weight excluding hydrogens is 356 g/mol. The van der Waals surface area contributed by atoms with Gasteiger partial charge < -0.3 is 20.9 Å². The van der Waals surface area contributed by atoms with Crippen molar-refractivity contribution in [2.24, 2.45) is 0 Å². The molecule has 3 aromatic carbocycles. The van der Waals surface area contributed by atoms with Crippen molar-refractivity contribution < 1.29 is 19.1 Å². The molecule has 0 atom stereocenters. The third-order valence-electron chi connectivity index (χ3n) is 4.39. The zero-order chi connectivity index (χ0) is 20.3. The lowest BCUT2D eigenvalue weighted by Gasteiger charge is -2.08. The topological polar surface area (TPSA) is 105 Å². The van der Waals surface area contributed by atoms with Crippen molar-refractivity contribution in [1.29, 1.82) is 0 Å². The summed E-state index contributed by atoms with van der Waals surface area (Å²) in [6.07, 6.45) is 0. The van der Waals surface area contributed by atoms with E-state index < -0.39 is 0 Å². The van der Waals surface area contributed by atoms with E-state index in [0.29, 0.717) is 45.1 Å². The van der Waals surface area contributed by atoms with E-state index in [-0.39, 0.29) is 11.6 Å². The lowest BCUT2D eigenvalue weighted by molar-refractivity contribution is 0.102. The zero-order valence-electron chi connectivity index (χ0n) is 15.6. The first-order valence-electron chi connectivity index (χ1n) is 8.51. The molecule has 3 rings (SSSR count). The Bertz CT molecular complexity index is 958. The van der Waals surface area contributed by atoms with Crippen molar-refractivity contribution >= 4 is 22.9 Å². The molecule has 0 bridgehead atoms. The molecule has 0 saturated heterocycles. The molecule has 0 saturated carbocycles. The maximum Gasteiger partial charge on any atom is 0.193 e. The first-order valence-corrected chi connectivity index (χ1v) is 8.51. The third kappa shape index (κ3) is 3.66. The van der Waals surface area contributed by atoms with Crippen LogP contribution in [0.15, 0.2) is 60.7 Å². The van der Waals surface area contributed by atoms with Gasteiger partial charge in [-0.2, -0.15) is 0 Å². The number of benzene rings is 3. The minimum atomic E-state index is -0.193. The standard InChI is InChI=1S/C22H20N2O4/c1-27-19-9-7-15(11-17(19)23)21(25)13-3-5-14(6-4-13)22(26)16-8-10-20(28-2)18(24)12-16/h3-12H,23-24H2,1-2H3. The van der Waals surface area contributed by atoms with Crippen LogP contribution in [0, 0.1) is 0 Å². The molecule has 6 heteroatoms. The maximum atomic E-state index is 12.7. The lowest BCUT2D eigenvalue weighted by atomic mass is 9.98. The van der Waals surface area contributed by atoms with Gasteiger partial charge in [-0.3, -0.25) is 9.59 Å². The van der Waals surface area contributed by atoms with Gasteiger partial charge in [0.2, 0.25) is 0 Å². The zero-order valence-corrected chi connectivity index (χ0v) is 15.6. The third-order valence-corrected chi connectivity index (χ3v) is 4.39. The fourth-order valence-electron chi connectivity index (χ4n) is 2.86. The molecule has 0 radical (unpaired) electrons. The molecule has 3 aromatic rings. The Balaban J connectivity index is 1.83. The maximum absolute atomic E-state index is 12.7. The Labute approximate surface area is 162 Å². The van der Waals surface area contributed by atoms with E-state index in [1.165, 1.54) is 14.2 Å². The Morgan fingerprint density at radius 3 is 1.21 bits per heavy atom. The highest BCUT2D eigenvalue weighted by atomic mass is 16.5. The number of anilines is 2. The molecule has 0 aromatic heterocycles. The van der Waals surface area contributed by atoms with Gasteiger partial charge in [-0.1, -0.05) is 24.3 Å². The second kappa shape index (κ2) is 7.84. The minimum absolute atomic E-state index is 0.193. The summed E-state index contributed by atoms with van der Waals surface area (Å²) in [6, 6.07) is 16.2. The minimum Gasteiger partial charge on any atom is -0.495 e. The highest BCUT2D eigenvalue weighted by Crippen LogP contribution is 2.25. The predicted molar refractivity (Wildman–Crippen MR) is 108 cm³/mol. The summed E-state index contributed by atoms with van der Waals surface area (Å²) >= 11 is 0. The van der Waals surface area contributed by atoms with Crippen molar-refractivity contribution in [3.05, 3.63) is 82.9 Å². The van der Waals surface area contributed by atoms with E-state index in [9.17, 15) is 9.59 Å². The molecule has 0 aliphatic carbocycles. The van der Waals surface area contributed by atoms with Gasteiger partial charge in [-0.15, -0.1) is 0 Å². The second-order valence-electron chi connectivity index (χ2n) is 6.15. The van der Waals surface area contributed by atoms with Gasteiger partial charge in [0, 0.05) is 22.3 Å². The van der Waals surface area contributed by atoms with E-state index in [0.717, 1.165) is 0 Å². The van der Waals surface area contributed by atoms with Crippen LogP contribution in [0.4, 0.5) is 11.4 Å². The van der Waals surface area contributed by atoms with Crippen LogP contribution in [0.3, 0.4) is 0 Å². The number of hydrogen-bond donors (Lipinski definition) is 2. The summed E-state index contributed by atoms with van der Waals surface area (Å²) in [6.45, 7) is 0. The predicted octanol–water partition coefficient (Wildman–Crippen LogP) is 3.33. The summed E-state index contributed by atoms with van der Waals surface area (Å²) < 4.78 is 10.2. The molecule has 6 nitrogen and oxygen atoms in total. The fraction of sp³-hybridized carbons (Fsp3) is 0.0909. The van der Waals surface area contributed by atoms with Crippen LogP contribution in [0.2, 0.25) is 0 Å². The Hall–Kier alpha value is -3.80. The largest absolute Gasteiger partial charge is 0.495 e. The highest BCUT2D eigenvalue weighted by molar-refractivity contribution is 6.12. The molecular formula is C22H20N2O4. The van der Waals surface area contributed by atoms with Crippen molar-refractivity contribution in [2.75, 3.05) is 25.7 Å². The second-order valence-corrected chi connectivity index (χ2v) is 6.15. The average molecular weight is 376 g/mol. The average Bonchev–Trinajstić information content (AvgIpc) is 2.72. The van der Waals surface area contributed by atoms with Gasteiger partial charge in [-0.05, 0) is 36.4 Å². The molecule has 28 heavy (non-hydrogen) atoms. The lowest BCUT2D eigenvalue weighted by Crippen LogP contribution is -2.06. The van der Waals surface area contributed by atoms with Crippen LogP contribution < -0.4 is 20.9 Å². The van der Waals surface area contributed by atoms with Gasteiger partial charge in [0.05, 0.1) is 25.6 Å². The van der Waals surface area contributed by atoms with E-state index in [2.05, 4.69) is 0 Å². The van der Waals surface area contributed by atoms with Crippen LogP contribution in [0.25, 0.3) is 0 Å². The van der Waals surface area contributed by atoms with E-state index >= 15 is 0 Å². The van der Waals surface area contributed by atoms with E-state index in [4.69, 9.17) is 20.9 Å². The fourth-order valence-corrected chi connectivity index (χ4v) is 2.86. The summed E-state index contributed by atoms with van der Waals surface area (Å²) in [5, 5.41) is 0. The number of ether oxygens (including phenoxy) is 2. The summed E-state index contributed by atoms with van der Waals surface area (Å²) in [5.41, 5.74) is 14.3. The number of rotatable bonds is 6. The Morgan fingerprint density at radius 2 is 0.929 bits per heavy atom. The molecule has 142 valence electrons. The highest BCUT2D eigenvalue weighted by Gasteiger charge is 2.14. The number of methoxy groups -OCH3 is 2. The van der Waals surface area contributed by atoms with E-state index in [1.54, 1.807) is 60.7 Å². The number of carbonyl (C=O) groups is 2. The summed E-state index contributed by atoms with van der Waals surface area (Å²) in [5.74, 6) is 0.636. The van der Waals surface area contributed by atoms with Crippen molar-refractivity contribution in [2.45, 2.75) is 0 Å². The molecule has 0 fully saturated rings. The molecule has 0 spiro atoms. The number of nitrogens with two attached hydrogens (primary N) is 2. The normalized spacial score (nSPS) is 10.4. The molecule has 0 aliphatic rings. The Morgan fingerprint density at radius 1 is 0.607 bits per heavy atom. The Kier molecular flexibility index (Phi) is 5.31. The van der Waals surface area contributed by atoms with Gasteiger partial charge in [-0.25, -0.2) is 0 Å². The van der Waals surface area contributed by atoms with Gasteiger partial charge in [0.15, 0.2) is 11.6 Å². The molecule has 0 unspecified atom stereocenters. The van der Waals surface area contributed by atoms with Gasteiger partial charge in [0.1, 0.15) is 11.5 Å². The van der Waals surface area contributed by atoms with Gasteiger partial charge >= 0.3 is 0 Å². The molecule has 0 heterocycles. The molecule has 0 aliphatic heterocycles. The monoisotopic (exact) mass is 376 g/mol.